The number of hydrogen-bond donors (Lipinski definition) is 0. The van der Waals surface area contributed by atoms with Gasteiger partial charge in [0, 0.05) is 0 Å². The summed E-state index contributed by atoms with van der Waals surface area (Å²) in [4.78, 5) is 0. The lowest BCUT2D eigenvalue weighted by Crippen LogP contribution is -2.34. The molecule has 3 nitrogen and oxygen atoms in total. The summed E-state index contributed by atoms with van der Waals surface area (Å²) in [6.45, 7) is 7.53. The van der Waals surface area contributed by atoms with E-state index in [-0.39, 0.29) is 11.7 Å². The predicted octanol–water partition coefficient (Wildman–Crippen LogP) is 2.64. The van der Waals surface area contributed by atoms with Crippen LogP contribution < -0.4 is 9.47 Å². The molecule has 2 rings (SSSR count). The van der Waals surface area contributed by atoms with Crippen LogP contribution in [0.1, 0.15) is 20.8 Å². The van der Waals surface area contributed by atoms with Crippen molar-refractivity contribution < 1.29 is 14.2 Å². The molecule has 1 aliphatic heterocycles. The molecule has 1 aromatic rings. The Balaban J connectivity index is 1.99. The van der Waals surface area contributed by atoms with Gasteiger partial charge in [0.1, 0.15) is 23.2 Å². The average molecular weight is 222 g/mol. The molecule has 3 heteroatoms. The van der Waals surface area contributed by atoms with E-state index >= 15 is 0 Å². The van der Waals surface area contributed by atoms with Crippen molar-refractivity contribution in [2.24, 2.45) is 0 Å². The summed E-state index contributed by atoms with van der Waals surface area (Å²) in [5, 5.41) is 0. The van der Waals surface area contributed by atoms with E-state index in [1.807, 2.05) is 45.0 Å². The van der Waals surface area contributed by atoms with Crippen LogP contribution in [0.3, 0.4) is 0 Å². The zero-order valence-electron chi connectivity index (χ0n) is 10.0. The first-order valence-corrected chi connectivity index (χ1v) is 5.65. The molecule has 16 heavy (non-hydrogen) atoms. The molecule has 1 aliphatic rings. The van der Waals surface area contributed by atoms with E-state index in [4.69, 9.17) is 14.2 Å². The van der Waals surface area contributed by atoms with Crippen LogP contribution in [0, 0.1) is 0 Å². The largest absolute Gasteiger partial charge is 0.494 e. The van der Waals surface area contributed by atoms with Crippen molar-refractivity contribution in [2.75, 3.05) is 13.2 Å². The van der Waals surface area contributed by atoms with Crippen LogP contribution in [0.5, 0.6) is 11.5 Å². The molecule has 0 amide bonds. The van der Waals surface area contributed by atoms with E-state index < -0.39 is 0 Å². The summed E-state index contributed by atoms with van der Waals surface area (Å²) in [5.41, 5.74) is -0.257. The van der Waals surface area contributed by atoms with Gasteiger partial charge in [-0.3, -0.25) is 0 Å². The van der Waals surface area contributed by atoms with Gasteiger partial charge in [0.25, 0.3) is 0 Å². The van der Waals surface area contributed by atoms with Gasteiger partial charge < -0.3 is 14.2 Å². The summed E-state index contributed by atoms with van der Waals surface area (Å²) < 4.78 is 16.5. The summed E-state index contributed by atoms with van der Waals surface area (Å²) in [6, 6.07) is 7.69. The van der Waals surface area contributed by atoms with Crippen LogP contribution in [0.2, 0.25) is 0 Å². The van der Waals surface area contributed by atoms with Gasteiger partial charge >= 0.3 is 0 Å². The fourth-order valence-corrected chi connectivity index (χ4v) is 1.59. The smallest absolute Gasteiger partial charge is 0.132 e. The van der Waals surface area contributed by atoms with Crippen LogP contribution in [-0.2, 0) is 4.74 Å². The van der Waals surface area contributed by atoms with Crippen LogP contribution in [0.4, 0.5) is 0 Å². The number of benzene rings is 1. The quantitative estimate of drug-likeness (QED) is 0.718. The minimum absolute atomic E-state index is 0.221. The third-order valence-electron chi connectivity index (χ3n) is 2.62. The molecule has 0 aliphatic carbocycles. The van der Waals surface area contributed by atoms with Crippen LogP contribution in [0.25, 0.3) is 0 Å². The summed E-state index contributed by atoms with van der Waals surface area (Å²) in [7, 11) is 0. The molecule has 1 aromatic carbocycles. The van der Waals surface area contributed by atoms with Gasteiger partial charge in [-0.05, 0) is 45.0 Å². The van der Waals surface area contributed by atoms with E-state index in [9.17, 15) is 0 Å². The summed E-state index contributed by atoms with van der Waals surface area (Å²) >= 11 is 0. The molecule has 0 N–H and O–H groups in total. The van der Waals surface area contributed by atoms with Gasteiger partial charge in [0.15, 0.2) is 0 Å². The molecule has 1 saturated heterocycles. The maximum atomic E-state index is 5.88. The normalized spacial score (nSPS) is 19.3. The summed E-state index contributed by atoms with van der Waals surface area (Å²) in [6.07, 6.45) is 0.221. The highest BCUT2D eigenvalue weighted by Crippen LogP contribution is 2.30. The molecule has 1 heterocycles. The maximum Gasteiger partial charge on any atom is 0.132 e. The Kier molecular flexibility index (Phi) is 3.06. The van der Waals surface area contributed by atoms with Crippen molar-refractivity contribution in [3.8, 4) is 11.5 Å². The van der Waals surface area contributed by atoms with Gasteiger partial charge in [-0.25, -0.2) is 0 Å². The monoisotopic (exact) mass is 222 g/mol. The Morgan fingerprint density at radius 3 is 2.31 bits per heavy atom. The van der Waals surface area contributed by atoms with Crippen molar-refractivity contribution >= 4 is 0 Å². The fourth-order valence-electron chi connectivity index (χ4n) is 1.59. The number of epoxide rings is 1. The Labute approximate surface area is 96.3 Å². The molecule has 0 bridgehead atoms. The molecule has 88 valence electrons. The highest BCUT2D eigenvalue weighted by Gasteiger charge is 2.41. The average Bonchev–Trinajstić information content (AvgIpc) is 3.04. The van der Waals surface area contributed by atoms with E-state index in [1.165, 1.54) is 0 Å². The molecule has 0 radical (unpaired) electrons. The first-order chi connectivity index (χ1) is 7.62. The highest BCUT2D eigenvalue weighted by molar-refractivity contribution is 5.31. The highest BCUT2D eigenvalue weighted by atomic mass is 16.6. The minimum atomic E-state index is -0.257. The van der Waals surface area contributed by atoms with Gasteiger partial charge in [0.2, 0.25) is 0 Å². The molecule has 1 atom stereocenters. The third kappa shape index (κ3) is 2.67. The molecule has 1 fully saturated rings. The van der Waals surface area contributed by atoms with Gasteiger partial charge in [-0.15, -0.1) is 0 Å². The van der Waals surface area contributed by atoms with E-state index in [0.717, 1.165) is 18.1 Å². The second kappa shape index (κ2) is 4.34. The van der Waals surface area contributed by atoms with Crippen LogP contribution >= 0.6 is 0 Å². The fraction of sp³-hybridized carbons (Fsp3) is 0.538. The summed E-state index contributed by atoms with van der Waals surface area (Å²) in [5.74, 6) is 1.72. The lowest BCUT2D eigenvalue weighted by atomic mass is 10.1. The number of hydrogen-bond acceptors (Lipinski definition) is 3. The lowest BCUT2D eigenvalue weighted by Gasteiger charge is -2.24. The number of rotatable bonds is 5. The van der Waals surface area contributed by atoms with E-state index in [0.29, 0.717) is 6.61 Å². The topological polar surface area (TPSA) is 31.0 Å². The van der Waals surface area contributed by atoms with Crippen LogP contribution in [0.15, 0.2) is 24.3 Å². The van der Waals surface area contributed by atoms with Crippen LogP contribution in [-0.4, -0.2) is 24.9 Å². The third-order valence-corrected chi connectivity index (χ3v) is 2.62. The van der Waals surface area contributed by atoms with Gasteiger partial charge in [-0.1, -0.05) is 0 Å². The van der Waals surface area contributed by atoms with Crippen molar-refractivity contribution in [2.45, 2.75) is 32.5 Å². The molecule has 0 spiro atoms. The molecular formula is C13H18O3. The number of ether oxygens (including phenoxy) is 3. The predicted molar refractivity (Wildman–Crippen MR) is 62.1 cm³/mol. The zero-order chi connectivity index (χ0) is 11.6. The molecular weight excluding hydrogens is 204 g/mol. The van der Waals surface area contributed by atoms with E-state index in [2.05, 4.69) is 0 Å². The maximum absolute atomic E-state index is 5.88. The lowest BCUT2D eigenvalue weighted by molar-refractivity contribution is 0.0743. The van der Waals surface area contributed by atoms with Crippen molar-refractivity contribution in [3.63, 3.8) is 0 Å². The van der Waals surface area contributed by atoms with Crippen molar-refractivity contribution in [1.82, 2.24) is 0 Å². The SMILES string of the molecule is CCOc1ccc(OC(C)(C)C2CO2)cc1. The Morgan fingerprint density at radius 1 is 1.25 bits per heavy atom. The Bertz CT molecular complexity index is 339. The Morgan fingerprint density at radius 2 is 1.81 bits per heavy atom. The van der Waals surface area contributed by atoms with Gasteiger partial charge in [-0.2, -0.15) is 0 Å². The first kappa shape index (κ1) is 11.3. The second-order valence-corrected chi connectivity index (χ2v) is 4.43. The second-order valence-electron chi connectivity index (χ2n) is 4.43. The zero-order valence-corrected chi connectivity index (χ0v) is 10.0. The standard InChI is InChI=1S/C13H18O3/c1-4-14-10-5-7-11(8-6-10)16-13(2,3)12-9-15-12/h5-8,12H,4,9H2,1-3H3. The molecule has 0 aromatic heterocycles. The van der Waals surface area contributed by atoms with Gasteiger partial charge in [0.05, 0.1) is 13.2 Å². The van der Waals surface area contributed by atoms with Crippen molar-refractivity contribution in [3.05, 3.63) is 24.3 Å². The molecule has 0 saturated carbocycles. The minimum Gasteiger partial charge on any atom is -0.494 e. The Hall–Kier alpha value is -1.22. The molecule has 1 unspecified atom stereocenters. The van der Waals surface area contributed by atoms with Crippen molar-refractivity contribution in [1.29, 1.82) is 0 Å². The first-order valence-electron chi connectivity index (χ1n) is 5.65. The van der Waals surface area contributed by atoms with E-state index in [1.54, 1.807) is 0 Å².